The average Bonchev–Trinajstić information content (AvgIpc) is 2.97. The largest absolute Gasteiger partial charge is 0.368 e. The minimum atomic E-state index is -0.227. The Kier molecular flexibility index (Phi) is 5.06. The average molecular weight is 290 g/mol. The predicted octanol–water partition coefficient (Wildman–Crippen LogP) is 2.19. The number of hydrogen-bond donors (Lipinski definition) is 2. The van der Waals surface area contributed by atoms with Crippen molar-refractivity contribution in [1.82, 2.24) is 15.5 Å². The van der Waals surface area contributed by atoms with Gasteiger partial charge in [0.15, 0.2) is 5.69 Å². The lowest BCUT2D eigenvalue weighted by molar-refractivity contribution is 0.0957. The van der Waals surface area contributed by atoms with Gasteiger partial charge in [0.05, 0.1) is 0 Å². The minimum absolute atomic E-state index is 0.227. The lowest BCUT2D eigenvalue weighted by Gasteiger charge is -2.11. The summed E-state index contributed by atoms with van der Waals surface area (Å²) in [7, 11) is 1.57. The fraction of sp³-hybridized carbons (Fsp3) is 0.357. The Balaban J connectivity index is 1.83. The summed E-state index contributed by atoms with van der Waals surface area (Å²) in [5.74, 6) is 0.972. The molecular formula is C14H18N4OS. The van der Waals surface area contributed by atoms with Crippen molar-refractivity contribution in [3.05, 3.63) is 40.2 Å². The highest BCUT2D eigenvalue weighted by Gasteiger charge is 2.07. The number of carbonyl (C=O) groups is 1. The second kappa shape index (κ2) is 7.00. The van der Waals surface area contributed by atoms with E-state index in [1.54, 1.807) is 30.5 Å². The van der Waals surface area contributed by atoms with Crippen LogP contribution in [0.15, 0.2) is 29.6 Å². The van der Waals surface area contributed by atoms with E-state index in [9.17, 15) is 4.79 Å². The summed E-state index contributed by atoms with van der Waals surface area (Å²) >= 11 is 1.78. The molecule has 5 nitrogen and oxygen atoms in total. The van der Waals surface area contributed by atoms with Gasteiger partial charge in [-0.15, -0.1) is 21.5 Å². The number of thiophene rings is 1. The van der Waals surface area contributed by atoms with Gasteiger partial charge in [0.25, 0.3) is 5.91 Å². The highest BCUT2D eigenvalue weighted by atomic mass is 32.1. The van der Waals surface area contributed by atoms with Gasteiger partial charge in [-0.1, -0.05) is 13.0 Å². The Bertz CT molecular complexity index is 539. The van der Waals surface area contributed by atoms with Crippen LogP contribution in [-0.2, 0) is 6.42 Å². The molecular weight excluding hydrogens is 272 g/mol. The number of amides is 1. The molecule has 0 aliphatic carbocycles. The molecule has 0 fully saturated rings. The zero-order chi connectivity index (χ0) is 14.4. The minimum Gasteiger partial charge on any atom is -0.368 e. The number of rotatable bonds is 6. The zero-order valence-corrected chi connectivity index (χ0v) is 12.4. The first-order valence-electron chi connectivity index (χ1n) is 6.51. The molecule has 6 heteroatoms. The Hall–Kier alpha value is -1.95. The molecule has 1 amide bonds. The molecule has 2 rings (SSSR count). The molecule has 2 aromatic heterocycles. The van der Waals surface area contributed by atoms with E-state index in [0.717, 1.165) is 13.0 Å². The monoisotopic (exact) mass is 290 g/mol. The number of nitrogens with zero attached hydrogens (tertiary/aromatic N) is 2. The fourth-order valence-electron chi connectivity index (χ4n) is 1.80. The first-order valence-corrected chi connectivity index (χ1v) is 7.39. The van der Waals surface area contributed by atoms with Crippen molar-refractivity contribution in [3.8, 4) is 0 Å². The van der Waals surface area contributed by atoms with Crippen LogP contribution in [0.2, 0.25) is 0 Å². The smallest absolute Gasteiger partial charge is 0.271 e. The number of carbonyl (C=O) groups excluding carboxylic acids is 1. The molecule has 0 spiro atoms. The summed E-state index contributed by atoms with van der Waals surface area (Å²) in [6, 6.07) is 7.66. The second-order valence-corrected chi connectivity index (χ2v) is 5.68. The van der Waals surface area contributed by atoms with Gasteiger partial charge < -0.3 is 10.6 Å². The molecule has 2 N–H and O–H groups in total. The van der Waals surface area contributed by atoms with Crippen LogP contribution in [0.3, 0.4) is 0 Å². The van der Waals surface area contributed by atoms with Crippen LogP contribution in [-0.4, -0.2) is 29.7 Å². The summed E-state index contributed by atoms with van der Waals surface area (Å²) in [6.45, 7) is 3.02. The van der Waals surface area contributed by atoms with E-state index in [-0.39, 0.29) is 5.91 Å². The first kappa shape index (κ1) is 14.5. The van der Waals surface area contributed by atoms with Gasteiger partial charge >= 0.3 is 0 Å². The van der Waals surface area contributed by atoms with Crippen molar-refractivity contribution in [2.75, 3.05) is 18.9 Å². The van der Waals surface area contributed by atoms with Crippen molar-refractivity contribution in [3.63, 3.8) is 0 Å². The molecule has 2 aromatic rings. The molecule has 0 radical (unpaired) electrons. The molecule has 2 heterocycles. The number of nitrogens with one attached hydrogen (secondary N) is 2. The highest BCUT2D eigenvalue weighted by Crippen LogP contribution is 2.14. The van der Waals surface area contributed by atoms with Gasteiger partial charge in [-0.3, -0.25) is 4.79 Å². The van der Waals surface area contributed by atoms with Crippen molar-refractivity contribution < 1.29 is 4.79 Å². The molecule has 0 aromatic carbocycles. The van der Waals surface area contributed by atoms with E-state index in [2.05, 4.69) is 45.3 Å². The Labute approximate surface area is 122 Å². The van der Waals surface area contributed by atoms with E-state index in [1.807, 2.05) is 0 Å². The van der Waals surface area contributed by atoms with Crippen molar-refractivity contribution in [2.24, 2.45) is 5.92 Å². The number of anilines is 1. The molecule has 20 heavy (non-hydrogen) atoms. The maximum absolute atomic E-state index is 11.3. The van der Waals surface area contributed by atoms with E-state index < -0.39 is 0 Å². The van der Waals surface area contributed by atoms with Crippen molar-refractivity contribution in [2.45, 2.75) is 13.3 Å². The molecule has 0 saturated heterocycles. The van der Waals surface area contributed by atoms with E-state index in [4.69, 9.17) is 0 Å². The molecule has 1 atom stereocenters. The van der Waals surface area contributed by atoms with Crippen LogP contribution in [0.4, 0.5) is 5.82 Å². The summed E-state index contributed by atoms with van der Waals surface area (Å²) in [5.41, 5.74) is 0.324. The van der Waals surface area contributed by atoms with Crippen LogP contribution < -0.4 is 10.6 Å². The molecule has 0 aliphatic heterocycles. The second-order valence-electron chi connectivity index (χ2n) is 4.65. The van der Waals surface area contributed by atoms with Gasteiger partial charge in [0, 0.05) is 18.5 Å². The molecule has 0 aliphatic rings. The Morgan fingerprint density at radius 1 is 1.35 bits per heavy atom. The third kappa shape index (κ3) is 4.03. The Morgan fingerprint density at radius 2 is 2.20 bits per heavy atom. The first-order chi connectivity index (χ1) is 9.69. The fourth-order valence-corrected chi connectivity index (χ4v) is 2.67. The summed E-state index contributed by atoms with van der Waals surface area (Å²) in [4.78, 5) is 12.7. The topological polar surface area (TPSA) is 66.9 Å². The van der Waals surface area contributed by atoms with Crippen LogP contribution >= 0.6 is 11.3 Å². The van der Waals surface area contributed by atoms with Gasteiger partial charge in [-0.2, -0.15) is 0 Å². The van der Waals surface area contributed by atoms with Gasteiger partial charge in [-0.25, -0.2) is 0 Å². The predicted molar refractivity (Wildman–Crippen MR) is 81.1 cm³/mol. The Morgan fingerprint density at radius 3 is 2.80 bits per heavy atom. The summed E-state index contributed by atoms with van der Waals surface area (Å²) in [5, 5.41) is 15.7. The quantitative estimate of drug-likeness (QED) is 0.856. The van der Waals surface area contributed by atoms with E-state index >= 15 is 0 Å². The van der Waals surface area contributed by atoms with Crippen LogP contribution in [0.25, 0.3) is 0 Å². The van der Waals surface area contributed by atoms with Crippen molar-refractivity contribution >= 4 is 23.1 Å². The SMILES string of the molecule is CNC(=O)c1ccc(NCC(C)Cc2cccs2)nn1. The third-order valence-corrected chi connectivity index (χ3v) is 3.78. The van der Waals surface area contributed by atoms with Crippen LogP contribution in [0, 0.1) is 5.92 Å². The third-order valence-electron chi connectivity index (χ3n) is 2.89. The molecule has 106 valence electrons. The van der Waals surface area contributed by atoms with Gasteiger partial charge in [-0.05, 0) is 35.9 Å². The standard InChI is InChI=1S/C14H18N4OS/c1-10(8-11-4-3-7-20-11)9-16-13-6-5-12(17-18-13)14(19)15-2/h3-7,10H,8-9H2,1-2H3,(H,15,19)(H,16,18). The summed E-state index contributed by atoms with van der Waals surface area (Å²) < 4.78 is 0. The van der Waals surface area contributed by atoms with Crippen LogP contribution in [0.5, 0.6) is 0 Å². The van der Waals surface area contributed by atoms with Crippen LogP contribution in [0.1, 0.15) is 22.3 Å². The molecule has 0 bridgehead atoms. The van der Waals surface area contributed by atoms with Crippen molar-refractivity contribution in [1.29, 1.82) is 0 Å². The van der Waals surface area contributed by atoms with E-state index in [1.165, 1.54) is 4.88 Å². The normalized spacial score (nSPS) is 11.9. The number of hydrogen-bond acceptors (Lipinski definition) is 5. The lowest BCUT2D eigenvalue weighted by atomic mass is 10.1. The lowest BCUT2D eigenvalue weighted by Crippen LogP contribution is -2.20. The van der Waals surface area contributed by atoms with Gasteiger partial charge in [0.1, 0.15) is 5.82 Å². The zero-order valence-electron chi connectivity index (χ0n) is 11.6. The maximum Gasteiger partial charge on any atom is 0.271 e. The number of aromatic nitrogens is 2. The maximum atomic E-state index is 11.3. The van der Waals surface area contributed by atoms with Gasteiger partial charge in [0.2, 0.25) is 0 Å². The molecule has 1 unspecified atom stereocenters. The van der Waals surface area contributed by atoms with E-state index in [0.29, 0.717) is 17.4 Å². The summed E-state index contributed by atoms with van der Waals surface area (Å²) in [6.07, 6.45) is 1.05. The highest BCUT2D eigenvalue weighted by molar-refractivity contribution is 7.09. The molecule has 0 saturated carbocycles.